The van der Waals surface area contributed by atoms with E-state index in [0.29, 0.717) is 22.7 Å². The average Bonchev–Trinajstić information content (AvgIpc) is 2.49. The molecule has 0 bridgehead atoms. The Hall–Kier alpha value is -2.05. The van der Waals surface area contributed by atoms with E-state index in [9.17, 15) is 5.21 Å². The Bertz CT molecular complexity index is 669. The summed E-state index contributed by atoms with van der Waals surface area (Å²) in [6.45, 7) is 0. The third kappa shape index (κ3) is 4.21. The minimum absolute atomic E-state index is 0.0951. The van der Waals surface area contributed by atoms with Crippen LogP contribution in [0.2, 0.25) is 0 Å². The molecule has 0 spiro atoms. The Kier molecular flexibility index (Phi) is 5.19. The van der Waals surface area contributed by atoms with Gasteiger partial charge in [-0.2, -0.15) is 4.74 Å². The number of benzene rings is 2. The minimum atomic E-state index is 0.0951. The minimum Gasteiger partial charge on any atom is -0.618 e. The number of thiol groups is 1. The van der Waals surface area contributed by atoms with Crippen molar-refractivity contribution >= 4 is 41.1 Å². The van der Waals surface area contributed by atoms with E-state index in [2.05, 4.69) is 12.6 Å². The zero-order valence-electron chi connectivity index (χ0n) is 11.2. The van der Waals surface area contributed by atoms with Crippen molar-refractivity contribution in [1.29, 1.82) is 0 Å². The molecule has 2 aromatic carbocycles. The summed E-state index contributed by atoms with van der Waals surface area (Å²) in [4.78, 5) is 0. The van der Waals surface area contributed by atoms with Crippen LogP contribution in [-0.4, -0.2) is 22.4 Å². The summed E-state index contributed by atoms with van der Waals surface area (Å²) in [6, 6.07) is 13.9. The molecule has 6 heteroatoms. The largest absolute Gasteiger partial charge is 0.618 e. The van der Waals surface area contributed by atoms with E-state index in [4.69, 9.17) is 21.7 Å². The number of nitrogens with zero attached hydrogens (tertiary/aromatic N) is 1. The van der Waals surface area contributed by atoms with Crippen molar-refractivity contribution < 1.29 is 14.2 Å². The Morgan fingerprint density at radius 2 is 1.86 bits per heavy atom. The quantitative estimate of drug-likeness (QED) is 0.234. The maximum absolute atomic E-state index is 12.2. The van der Waals surface area contributed by atoms with Gasteiger partial charge in [0.1, 0.15) is 11.5 Å². The Morgan fingerprint density at radius 3 is 2.48 bits per heavy atom. The highest BCUT2D eigenvalue weighted by molar-refractivity contribution is 8.10. The molecule has 4 nitrogen and oxygen atoms in total. The summed E-state index contributed by atoms with van der Waals surface area (Å²) in [6.07, 6.45) is 1.42. The number of para-hydroxylation sites is 1. The van der Waals surface area contributed by atoms with Crippen molar-refractivity contribution in [2.75, 3.05) is 7.11 Å². The van der Waals surface area contributed by atoms with Gasteiger partial charge in [-0.25, -0.2) is 0 Å². The molecular weight excluding hydrogens is 306 g/mol. The van der Waals surface area contributed by atoms with Gasteiger partial charge in [-0.05, 0) is 36.5 Å². The molecule has 0 saturated heterocycles. The molecule has 108 valence electrons. The molecule has 0 unspecified atom stereocenters. The average molecular weight is 319 g/mol. The number of rotatable bonds is 4. The van der Waals surface area contributed by atoms with Crippen LogP contribution in [0.25, 0.3) is 0 Å². The third-order valence-electron chi connectivity index (χ3n) is 2.70. The monoisotopic (exact) mass is 319 g/mol. The highest BCUT2D eigenvalue weighted by Crippen LogP contribution is 2.20. The number of methoxy groups -OCH3 is 1. The Balaban J connectivity index is 2.31. The normalized spacial score (nSPS) is 11.0. The summed E-state index contributed by atoms with van der Waals surface area (Å²) < 4.78 is 11.2. The maximum Gasteiger partial charge on any atom is 0.222 e. The van der Waals surface area contributed by atoms with E-state index >= 15 is 0 Å². The van der Waals surface area contributed by atoms with E-state index in [1.807, 2.05) is 6.07 Å². The smallest absolute Gasteiger partial charge is 0.222 e. The lowest BCUT2D eigenvalue weighted by Gasteiger charge is -2.07. The first-order valence-corrected chi connectivity index (χ1v) is 6.91. The standard InChI is InChI=1S/C15H13NO3S2/c1-18-13-8-6-12(7-9-13)16(17)10-11-4-2-3-5-14(11)19-15(20)21/h2-10H,1H3,(H,20,21). The molecule has 0 radical (unpaired) electrons. The predicted octanol–water partition coefficient (Wildman–Crippen LogP) is 3.55. The molecule has 0 aliphatic carbocycles. The second kappa shape index (κ2) is 7.10. The fraction of sp³-hybridized carbons (Fsp3) is 0.0667. The first-order valence-electron chi connectivity index (χ1n) is 6.05. The molecule has 0 aromatic heterocycles. The Morgan fingerprint density at radius 1 is 1.19 bits per heavy atom. The molecule has 0 saturated carbocycles. The molecule has 0 atom stereocenters. The van der Waals surface area contributed by atoms with Gasteiger partial charge in [0.2, 0.25) is 10.1 Å². The molecule has 2 aromatic rings. The van der Waals surface area contributed by atoms with Gasteiger partial charge in [0.25, 0.3) is 0 Å². The predicted molar refractivity (Wildman–Crippen MR) is 90.1 cm³/mol. The van der Waals surface area contributed by atoms with Gasteiger partial charge in [0, 0.05) is 12.1 Å². The van der Waals surface area contributed by atoms with Gasteiger partial charge >= 0.3 is 0 Å². The first kappa shape index (κ1) is 15.3. The highest BCUT2D eigenvalue weighted by Gasteiger charge is 2.08. The maximum atomic E-state index is 12.2. The SMILES string of the molecule is COc1ccc([N+]([O-])=Cc2ccccc2OC(=S)S)cc1. The molecule has 0 N–H and O–H groups in total. The fourth-order valence-corrected chi connectivity index (χ4v) is 1.89. The molecule has 0 amide bonds. The van der Waals surface area contributed by atoms with E-state index in [0.717, 1.165) is 4.74 Å². The summed E-state index contributed by atoms with van der Waals surface area (Å²) in [7, 11) is 1.57. The first-order chi connectivity index (χ1) is 10.1. The second-order valence-electron chi connectivity index (χ2n) is 4.06. The van der Waals surface area contributed by atoms with Gasteiger partial charge in [0.05, 0.1) is 12.7 Å². The zero-order valence-corrected chi connectivity index (χ0v) is 12.9. The number of thiocarbonyl (C=S) groups is 1. The molecule has 21 heavy (non-hydrogen) atoms. The van der Waals surface area contributed by atoms with Crippen molar-refractivity contribution in [1.82, 2.24) is 0 Å². The highest BCUT2D eigenvalue weighted by atomic mass is 32.1. The molecule has 0 heterocycles. The van der Waals surface area contributed by atoms with Crippen LogP contribution in [0, 0.1) is 5.21 Å². The van der Waals surface area contributed by atoms with Crippen LogP contribution < -0.4 is 9.47 Å². The van der Waals surface area contributed by atoms with Crippen LogP contribution >= 0.6 is 24.8 Å². The van der Waals surface area contributed by atoms with E-state index < -0.39 is 0 Å². The van der Waals surface area contributed by atoms with Crippen LogP contribution in [0.5, 0.6) is 11.5 Å². The van der Waals surface area contributed by atoms with E-state index in [1.165, 1.54) is 6.21 Å². The Labute approximate surface area is 133 Å². The van der Waals surface area contributed by atoms with E-state index in [-0.39, 0.29) is 4.38 Å². The van der Waals surface area contributed by atoms with Gasteiger partial charge in [-0.15, -0.1) is 0 Å². The summed E-state index contributed by atoms with van der Waals surface area (Å²) in [5.74, 6) is 1.17. The third-order valence-corrected chi connectivity index (χ3v) is 2.87. The van der Waals surface area contributed by atoms with Gasteiger partial charge in [-0.1, -0.05) is 24.8 Å². The molecule has 0 aliphatic heterocycles. The molecule has 0 aliphatic rings. The lowest BCUT2D eigenvalue weighted by molar-refractivity contribution is -0.354. The van der Waals surface area contributed by atoms with Crippen LogP contribution in [0.15, 0.2) is 48.5 Å². The molecule has 2 rings (SSSR count). The number of hydrogen-bond donors (Lipinski definition) is 1. The van der Waals surface area contributed by atoms with Crippen molar-refractivity contribution in [2.24, 2.45) is 0 Å². The van der Waals surface area contributed by atoms with Gasteiger partial charge in [0.15, 0.2) is 6.21 Å². The van der Waals surface area contributed by atoms with Gasteiger partial charge < -0.3 is 14.7 Å². The van der Waals surface area contributed by atoms with Gasteiger partial charge in [-0.3, -0.25) is 0 Å². The molecular formula is C15H13NO3S2. The fourth-order valence-electron chi connectivity index (χ4n) is 1.70. The van der Waals surface area contributed by atoms with Crippen molar-refractivity contribution in [3.05, 3.63) is 59.3 Å². The summed E-state index contributed by atoms with van der Waals surface area (Å²) >= 11 is 8.72. The zero-order chi connectivity index (χ0) is 15.2. The number of hydrogen-bond acceptors (Lipinski definition) is 4. The summed E-state index contributed by atoms with van der Waals surface area (Å²) in [5.41, 5.74) is 1.10. The second-order valence-corrected chi connectivity index (χ2v) is 5.14. The lowest BCUT2D eigenvalue weighted by atomic mass is 10.2. The van der Waals surface area contributed by atoms with Crippen LogP contribution in [0.1, 0.15) is 5.56 Å². The topological polar surface area (TPSA) is 44.5 Å². The summed E-state index contributed by atoms with van der Waals surface area (Å²) in [5, 5.41) is 12.2. The van der Waals surface area contributed by atoms with Crippen molar-refractivity contribution in [2.45, 2.75) is 0 Å². The van der Waals surface area contributed by atoms with Crippen LogP contribution in [0.4, 0.5) is 5.69 Å². The van der Waals surface area contributed by atoms with Crippen molar-refractivity contribution in [3.63, 3.8) is 0 Å². The molecule has 0 fully saturated rings. The van der Waals surface area contributed by atoms with Crippen LogP contribution in [0.3, 0.4) is 0 Å². The van der Waals surface area contributed by atoms with Crippen LogP contribution in [-0.2, 0) is 0 Å². The van der Waals surface area contributed by atoms with Crippen molar-refractivity contribution in [3.8, 4) is 11.5 Å². The van der Waals surface area contributed by atoms with E-state index in [1.54, 1.807) is 49.6 Å². The number of ether oxygens (including phenoxy) is 2. The lowest BCUT2D eigenvalue weighted by Crippen LogP contribution is -2.03.